The summed E-state index contributed by atoms with van der Waals surface area (Å²) in [5, 5.41) is 10.5. The fourth-order valence-electron chi connectivity index (χ4n) is 2.39. The average Bonchev–Trinajstić information content (AvgIpc) is 3.16. The number of nitrogens with one attached hydrogen (secondary N) is 2. The topological polar surface area (TPSA) is 76.0 Å². The fraction of sp³-hybridized carbons (Fsp3) is 0.312. The molecule has 1 aliphatic heterocycles. The number of anilines is 1. The summed E-state index contributed by atoms with van der Waals surface area (Å²) in [6, 6.07) is 7.17. The molecule has 0 atom stereocenters. The van der Waals surface area contributed by atoms with Gasteiger partial charge in [0, 0.05) is 28.6 Å². The zero-order valence-electron chi connectivity index (χ0n) is 13.1. The minimum Gasteiger partial charge on any atom is -0.348 e. The lowest BCUT2D eigenvalue weighted by atomic mass is 10.2. The summed E-state index contributed by atoms with van der Waals surface area (Å²) in [7, 11) is 0. The second-order valence-electron chi connectivity index (χ2n) is 5.36. The number of carbonyl (C=O) groups is 2. The molecule has 0 radical (unpaired) electrons. The summed E-state index contributed by atoms with van der Waals surface area (Å²) in [6.07, 6.45) is 0.772. The first-order chi connectivity index (χ1) is 11.6. The van der Waals surface area contributed by atoms with Crippen LogP contribution in [0.2, 0.25) is 5.02 Å². The molecule has 126 valence electrons. The number of hydrogen-bond acceptors (Lipinski definition) is 4. The monoisotopic (exact) mass is 364 g/mol. The van der Waals surface area contributed by atoms with Gasteiger partial charge in [-0.25, -0.2) is 4.68 Å². The highest BCUT2D eigenvalue weighted by Crippen LogP contribution is 2.36. The first-order valence-corrected chi connectivity index (χ1v) is 9.17. The summed E-state index contributed by atoms with van der Waals surface area (Å²) >= 11 is 7.66. The molecule has 0 saturated heterocycles. The summed E-state index contributed by atoms with van der Waals surface area (Å²) < 4.78 is 1.66. The van der Waals surface area contributed by atoms with E-state index in [9.17, 15) is 9.59 Å². The van der Waals surface area contributed by atoms with Crippen molar-refractivity contribution >= 4 is 41.0 Å². The number of rotatable bonds is 4. The van der Waals surface area contributed by atoms with Crippen molar-refractivity contribution in [2.45, 2.75) is 24.9 Å². The lowest BCUT2D eigenvalue weighted by Gasteiger charge is -2.11. The Morgan fingerprint density at radius 1 is 1.25 bits per heavy atom. The largest absolute Gasteiger partial charge is 0.348 e. The van der Waals surface area contributed by atoms with Gasteiger partial charge in [0.15, 0.2) is 0 Å². The predicted molar refractivity (Wildman–Crippen MR) is 95.5 cm³/mol. The van der Waals surface area contributed by atoms with Crippen LogP contribution in [-0.4, -0.2) is 28.1 Å². The van der Waals surface area contributed by atoms with E-state index >= 15 is 0 Å². The van der Waals surface area contributed by atoms with Gasteiger partial charge in [0.25, 0.3) is 0 Å². The van der Waals surface area contributed by atoms with Crippen molar-refractivity contribution in [2.24, 2.45) is 0 Å². The molecule has 2 amide bonds. The predicted octanol–water partition coefficient (Wildman–Crippen LogP) is 2.74. The second kappa shape index (κ2) is 7.27. The lowest BCUT2D eigenvalue weighted by molar-refractivity contribution is -0.136. The molecular weight excluding hydrogens is 348 g/mol. The third kappa shape index (κ3) is 3.42. The van der Waals surface area contributed by atoms with Crippen LogP contribution in [0.15, 0.2) is 24.3 Å². The van der Waals surface area contributed by atoms with Crippen molar-refractivity contribution in [3.05, 3.63) is 40.5 Å². The Morgan fingerprint density at radius 3 is 2.71 bits per heavy atom. The van der Waals surface area contributed by atoms with E-state index in [4.69, 9.17) is 11.6 Å². The quantitative estimate of drug-likeness (QED) is 0.818. The van der Waals surface area contributed by atoms with Gasteiger partial charge in [0.2, 0.25) is 0 Å². The van der Waals surface area contributed by atoms with Crippen LogP contribution in [0.5, 0.6) is 0 Å². The molecule has 0 aliphatic carbocycles. The van der Waals surface area contributed by atoms with Crippen LogP contribution in [0.3, 0.4) is 0 Å². The molecule has 3 rings (SSSR count). The molecule has 24 heavy (non-hydrogen) atoms. The van der Waals surface area contributed by atoms with Gasteiger partial charge < -0.3 is 10.6 Å². The van der Waals surface area contributed by atoms with Gasteiger partial charge in [-0.1, -0.05) is 18.5 Å². The van der Waals surface area contributed by atoms with Crippen molar-refractivity contribution in [1.82, 2.24) is 15.1 Å². The van der Waals surface area contributed by atoms with Gasteiger partial charge in [-0.3, -0.25) is 9.59 Å². The molecular formula is C16H17ClN4O2S. The highest BCUT2D eigenvalue weighted by Gasteiger charge is 2.26. The molecule has 0 saturated carbocycles. The maximum absolute atomic E-state index is 12.2. The van der Waals surface area contributed by atoms with E-state index in [2.05, 4.69) is 15.7 Å². The van der Waals surface area contributed by atoms with E-state index in [0.29, 0.717) is 17.4 Å². The van der Waals surface area contributed by atoms with Gasteiger partial charge in [0.1, 0.15) is 5.82 Å². The van der Waals surface area contributed by atoms with Crippen LogP contribution >= 0.6 is 23.4 Å². The van der Waals surface area contributed by atoms with E-state index in [1.54, 1.807) is 28.6 Å². The number of benzene rings is 1. The average molecular weight is 365 g/mol. The second-order valence-corrected chi connectivity index (χ2v) is 6.79. The smallest absolute Gasteiger partial charge is 0.314 e. The summed E-state index contributed by atoms with van der Waals surface area (Å²) in [5.74, 6) is 0.781. The molecule has 1 aromatic heterocycles. The Labute approximate surface area is 148 Å². The van der Waals surface area contributed by atoms with Gasteiger partial charge in [-0.2, -0.15) is 16.9 Å². The molecule has 2 aromatic rings. The number of halogens is 1. The van der Waals surface area contributed by atoms with Gasteiger partial charge in [-0.05, 0) is 30.7 Å². The number of hydrogen-bond donors (Lipinski definition) is 2. The first-order valence-electron chi connectivity index (χ1n) is 7.63. The van der Waals surface area contributed by atoms with E-state index < -0.39 is 11.8 Å². The molecule has 2 heterocycles. The van der Waals surface area contributed by atoms with Crippen LogP contribution in [0, 0.1) is 0 Å². The Kier molecular flexibility index (Phi) is 5.11. The summed E-state index contributed by atoms with van der Waals surface area (Å²) in [6.45, 7) is 2.40. The van der Waals surface area contributed by atoms with Crippen LogP contribution in [-0.2, 0) is 21.1 Å². The Hall–Kier alpha value is -1.99. The van der Waals surface area contributed by atoms with Crippen LogP contribution in [0.4, 0.5) is 5.82 Å². The molecule has 0 bridgehead atoms. The molecule has 0 spiro atoms. The fourth-order valence-corrected chi connectivity index (χ4v) is 3.55. The maximum atomic E-state index is 12.2. The highest BCUT2D eigenvalue weighted by atomic mass is 35.5. The third-order valence-corrected chi connectivity index (χ3v) is 4.82. The maximum Gasteiger partial charge on any atom is 0.314 e. The van der Waals surface area contributed by atoms with Crippen molar-refractivity contribution < 1.29 is 9.59 Å². The van der Waals surface area contributed by atoms with E-state index in [0.717, 1.165) is 34.9 Å². The summed E-state index contributed by atoms with van der Waals surface area (Å²) in [4.78, 5) is 24.0. The number of nitrogens with zero attached hydrogens (tertiary/aromatic N) is 2. The third-order valence-electron chi connectivity index (χ3n) is 3.60. The molecule has 0 unspecified atom stereocenters. The van der Waals surface area contributed by atoms with Crippen molar-refractivity contribution in [1.29, 1.82) is 0 Å². The Morgan fingerprint density at radius 2 is 2.00 bits per heavy atom. The SMILES string of the molecule is CCCNC(=O)C(=O)Nc1c2c(nn1-c1ccc(Cl)cc1)CSC2. The molecule has 1 aromatic carbocycles. The van der Waals surface area contributed by atoms with Gasteiger partial charge >= 0.3 is 11.8 Å². The summed E-state index contributed by atoms with van der Waals surface area (Å²) in [5.41, 5.74) is 2.67. The minimum atomic E-state index is -0.682. The van der Waals surface area contributed by atoms with Crippen LogP contribution in [0.25, 0.3) is 5.69 Å². The molecule has 2 N–H and O–H groups in total. The number of fused-ring (bicyclic) bond motifs is 1. The van der Waals surface area contributed by atoms with Crippen molar-refractivity contribution in [3.63, 3.8) is 0 Å². The van der Waals surface area contributed by atoms with E-state index in [1.165, 1.54) is 0 Å². The van der Waals surface area contributed by atoms with Gasteiger partial charge in [-0.15, -0.1) is 0 Å². The Balaban J connectivity index is 1.90. The lowest BCUT2D eigenvalue weighted by Crippen LogP contribution is -2.36. The van der Waals surface area contributed by atoms with Crippen LogP contribution < -0.4 is 10.6 Å². The van der Waals surface area contributed by atoms with E-state index in [1.807, 2.05) is 19.1 Å². The van der Waals surface area contributed by atoms with Crippen molar-refractivity contribution in [2.75, 3.05) is 11.9 Å². The normalized spacial score (nSPS) is 12.8. The number of thioether (sulfide) groups is 1. The molecule has 8 heteroatoms. The van der Waals surface area contributed by atoms with E-state index in [-0.39, 0.29) is 0 Å². The number of aromatic nitrogens is 2. The van der Waals surface area contributed by atoms with Crippen molar-refractivity contribution in [3.8, 4) is 5.69 Å². The number of carbonyl (C=O) groups excluding carboxylic acids is 2. The molecule has 6 nitrogen and oxygen atoms in total. The zero-order chi connectivity index (χ0) is 17.1. The first kappa shape index (κ1) is 16.9. The molecule has 0 fully saturated rings. The zero-order valence-corrected chi connectivity index (χ0v) is 14.7. The highest BCUT2D eigenvalue weighted by molar-refractivity contribution is 7.98. The minimum absolute atomic E-state index is 0.469. The molecule has 1 aliphatic rings. The van der Waals surface area contributed by atoms with Crippen LogP contribution in [0.1, 0.15) is 24.6 Å². The standard InChI is InChI=1S/C16H17ClN4O2S/c1-2-7-18-15(22)16(23)19-14-12-8-24-9-13(12)20-21(14)11-5-3-10(17)4-6-11/h3-6H,2,7-9H2,1H3,(H,18,22)(H,19,23). The Bertz CT molecular complexity index is 773. The van der Waals surface area contributed by atoms with Gasteiger partial charge in [0.05, 0.1) is 11.4 Å². The number of amides is 2.